The van der Waals surface area contributed by atoms with E-state index in [2.05, 4.69) is 133 Å². The topological polar surface area (TPSA) is 0 Å². The van der Waals surface area contributed by atoms with Crippen molar-refractivity contribution < 1.29 is 0 Å². The summed E-state index contributed by atoms with van der Waals surface area (Å²) in [5, 5.41) is 5.21. The minimum atomic E-state index is 1.06. The van der Waals surface area contributed by atoms with E-state index in [0.717, 1.165) is 12.8 Å². The van der Waals surface area contributed by atoms with E-state index >= 15 is 0 Å². The first kappa shape index (κ1) is 22.0. The van der Waals surface area contributed by atoms with Crippen LogP contribution in [0.25, 0.3) is 59.1 Å². The minimum absolute atomic E-state index is 1.06. The average Bonchev–Trinajstić information content (AvgIpc) is 3.39. The second kappa shape index (κ2) is 9.35. The van der Waals surface area contributed by atoms with Crippen LogP contribution in [0.5, 0.6) is 0 Å². The van der Waals surface area contributed by atoms with Gasteiger partial charge in [0.15, 0.2) is 0 Å². The van der Waals surface area contributed by atoms with E-state index < -0.39 is 0 Å². The van der Waals surface area contributed by atoms with E-state index in [1.807, 2.05) is 11.3 Å². The van der Waals surface area contributed by atoms with Gasteiger partial charge in [0.2, 0.25) is 0 Å². The van der Waals surface area contributed by atoms with E-state index in [1.165, 1.54) is 64.7 Å². The zero-order valence-electron chi connectivity index (χ0n) is 20.5. The van der Waals surface area contributed by atoms with Gasteiger partial charge in [-0.15, -0.1) is 11.3 Å². The van der Waals surface area contributed by atoms with E-state index in [4.69, 9.17) is 0 Å². The van der Waals surface area contributed by atoms with Gasteiger partial charge in [-0.25, -0.2) is 0 Å². The van der Waals surface area contributed by atoms with Gasteiger partial charge in [0.1, 0.15) is 0 Å². The number of fused-ring (bicyclic) bond motifs is 3. The first-order valence-electron chi connectivity index (χ1n) is 12.9. The van der Waals surface area contributed by atoms with Gasteiger partial charge in [-0.2, -0.15) is 0 Å². The highest BCUT2D eigenvalue weighted by Gasteiger charge is 2.25. The standard InChI is InChI=1S/C36H26S/c1-4-14-25(15-5-1)33-34(26-16-6-2-7-17-26)36(37-35(33)27-18-8-3-9-19-27)32-24-28-20-10-11-21-29(28)30-22-12-13-23-31(30)32/h1-4,6-14,16-24H,5,15H2. The van der Waals surface area contributed by atoms with Crippen molar-refractivity contribution in [2.45, 2.75) is 12.8 Å². The van der Waals surface area contributed by atoms with Gasteiger partial charge < -0.3 is 0 Å². The SMILES string of the molecule is C1=CCCC(c2c(-c3ccccc3)sc(-c3cc4ccccc4c4ccccc34)c2-c2ccccc2)=C1. The predicted octanol–water partition coefficient (Wildman–Crippen LogP) is 10.8. The molecule has 1 aliphatic rings. The molecule has 1 heteroatoms. The fourth-order valence-corrected chi connectivity index (χ4v) is 7.05. The van der Waals surface area contributed by atoms with Crippen LogP contribution in [0.3, 0.4) is 0 Å². The molecule has 5 aromatic carbocycles. The van der Waals surface area contributed by atoms with Crippen LogP contribution in [0.2, 0.25) is 0 Å². The number of rotatable bonds is 4. The maximum absolute atomic E-state index is 2.41. The van der Waals surface area contributed by atoms with Crippen molar-refractivity contribution in [1.82, 2.24) is 0 Å². The van der Waals surface area contributed by atoms with E-state index in [-0.39, 0.29) is 0 Å². The molecular weight excluding hydrogens is 464 g/mol. The molecule has 0 spiro atoms. The van der Waals surface area contributed by atoms with Crippen LogP contribution < -0.4 is 0 Å². The Morgan fingerprint density at radius 3 is 1.92 bits per heavy atom. The molecule has 0 saturated carbocycles. The smallest absolute Gasteiger partial charge is 0.0440 e. The first-order chi connectivity index (χ1) is 18.4. The Kier molecular flexibility index (Phi) is 5.57. The maximum atomic E-state index is 2.41. The summed E-state index contributed by atoms with van der Waals surface area (Å²) in [5.74, 6) is 0. The molecular formula is C36H26S. The molecule has 1 aliphatic carbocycles. The Morgan fingerprint density at radius 2 is 1.19 bits per heavy atom. The van der Waals surface area contributed by atoms with Gasteiger partial charge in [0, 0.05) is 26.4 Å². The van der Waals surface area contributed by atoms with E-state index in [9.17, 15) is 0 Å². The molecule has 0 bridgehead atoms. The van der Waals surface area contributed by atoms with Gasteiger partial charge in [0.25, 0.3) is 0 Å². The fourth-order valence-electron chi connectivity index (χ4n) is 5.65. The van der Waals surface area contributed by atoms with Crippen molar-refractivity contribution in [3.05, 3.63) is 139 Å². The molecule has 0 nitrogen and oxygen atoms in total. The number of allylic oxidation sites excluding steroid dienone is 4. The summed E-state index contributed by atoms with van der Waals surface area (Å²) in [6.07, 6.45) is 8.97. The number of benzene rings is 5. The second-order valence-corrected chi connectivity index (χ2v) is 10.6. The van der Waals surface area contributed by atoms with Crippen molar-refractivity contribution in [3.8, 4) is 32.0 Å². The molecule has 0 atom stereocenters. The van der Waals surface area contributed by atoms with Crippen LogP contribution in [0.1, 0.15) is 18.4 Å². The number of hydrogen-bond acceptors (Lipinski definition) is 1. The Balaban J connectivity index is 1.64. The molecule has 1 heterocycles. The van der Waals surface area contributed by atoms with E-state index in [1.54, 1.807) is 0 Å². The lowest BCUT2D eigenvalue weighted by Gasteiger charge is -2.16. The fraction of sp³-hybridized carbons (Fsp3) is 0.0556. The lowest BCUT2D eigenvalue weighted by atomic mass is 9.87. The van der Waals surface area contributed by atoms with Gasteiger partial charge in [0.05, 0.1) is 0 Å². The monoisotopic (exact) mass is 490 g/mol. The first-order valence-corrected chi connectivity index (χ1v) is 13.7. The molecule has 0 fully saturated rings. The Hall–Kier alpha value is -4.20. The van der Waals surface area contributed by atoms with Crippen molar-refractivity contribution >= 4 is 38.5 Å². The second-order valence-electron chi connectivity index (χ2n) is 9.59. The molecule has 176 valence electrons. The highest BCUT2D eigenvalue weighted by atomic mass is 32.1. The zero-order valence-corrected chi connectivity index (χ0v) is 21.3. The third-order valence-corrected chi connectivity index (χ3v) is 8.63. The molecule has 0 N–H and O–H groups in total. The van der Waals surface area contributed by atoms with Crippen LogP contribution in [0.15, 0.2) is 133 Å². The van der Waals surface area contributed by atoms with Gasteiger partial charge in [-0.1, -0.05) is 127 Å². The third kappa shape index (κ3) is 3.84. The molecule has 6 aromatic rings. The highest BCUT2D eigenvalue weighted by Crippen LogP contribution is 2.52. The Morgan fingerprint density at radius 1 is 0.541 bits per heavy atom. The Bertz CT molecular complexity index is 1800. The summed E-state index contributed by atoms with van der Waals surface area (Å²) >= 11 is 1.94. The molecule has 37 heavy (non-hydrogen) atoms. The van der Waals surface area contributed by atoms with Gasteiger partial charge >= 0.3 is 0 Å². The average molecular weight is 491 g/mol. The van der Waals surface area contributed by atoms with Crippen molar-refractivity contribution in [1.29, 1.82) is 0 Å². The highest BCUT2D eigenvalue weighted by molar-refractivity contribution is 7.20. The van der Waals surface area contributed by atoms with Crippen molar-refractivity contribution in [2.24, 2.45) is 0 Å². The number of hydrogen-bond donors (Lipinski definition) is 0. The normalized spacial score (nSPS) is 13.2. The van der Waals surface area contributed by atoms with Crippen molar-refractivity contribution in [3.63, 3.8) is 0 Å². The van der Waals surface area contributed by atoms with E-state index in [0.29, 0.717) is 0 Å². The predicted molar refractivity (Wildman–Crippen MR) is 162 cm³/mol. The van der Waals surface area contributed by atoms with Crippen LogP contribution in [-0.2, 0) is 0 Å². The minimum Gasteiger partial charge on any atom is -0.134 e. The maximum Gasteiger partial charge on any atom is 0.0440 e. The van der Waals surface area contributed by atoms with Crippen LogP contribution >= 0.6 is 11.3 Å². The summed E-state index contributed by atoms with van der Waals surface area (Å²) in [6, 6.07) is 42.0. The Labute approximate surface area is 221 Å². The molecule has 0 unspecified atom stereocenters. The summed E-state index contributed by atoms with van der Waals surface area (Å²) < 4.78 is 0. The lowest BCUT2D eigenvalue weighted by Crippen LogP contribution is -1.93. The molecule has 0 saturated heterocycles. The summed E-state index contributed by atoms with van der Waals surface area (Å²) in [7, 11) is 0. The molecule has 0 amide bonds. The molecule has 0 aliphatic heterocycles. The van der Waals surface area contributed by atoms with Crippen LogP contribution in [0.4, 0.5) is 0 Å². The molecule has 0 radical (unpaired) electrons. The lowest BCUT2D eigenvalue weighted by molar-refractivity contribution is 1.06. The zero-order chi connectivity index (χ0) is 24.6. The molecule has 7 rings (SSSR count). The summed E-state index contributed by atoms with van der Waals surface area (Å²) in [6.45, 7) is 0. The van der Waals surface area contributed by atoms with Crippen LogP contribution in [-0.4, -0.2) is 0 Å². The third-order valence-electron chi connectivity index (χ3n) is 7.35. The summed E-state index contributed by atoms with van der Waals surface area (Å²) in [4.78, 5) is 2.70. The van der Waals surface area contributed by atoms with Crippen molar-refractivity contribution in [2.75, 3.05) is 0 Å². The summed E-state index contributed by atoms with van der Waals surface area (Å²) in [5.41, 5.74) is 8.04. The van der Waals surface area contributed by atoms with Crippen LogP contribution in [0, 0.1) is 0 Å². The van der Waals surface area contributed by atoms with Gasteiger partial charge in [-0.3, -0.25) is 0 Å². The quantitative estimate of drug-likeness (QED) is 0.216. The van der Waals surface area contributed by atoms with Gasteiger partial charge in [-0.05, 0) is 57.2 Å². The molecule has 1 aromatic heterocycles. The number of thiophene rings is 1. The largest absolute Gasteiger partial charge is 0.134 e.